The van der Waals surface area contributed by atoms with E-state index in [4.69, 9.17) is 0 Å². The molecule has 0 bridgehead atoms. The van der Waals surface area contributed by atoms with E-state index < -0.39 is 0 Å². The van der Waals surface area contributed by atoms with Gasteiger partial charge in [0.15, 0.2) is 0 Å². The topological polar surface area (TPSA) is 15.3 Å². The van der Waals surface area contributed by atoms with Gasteiger partial charge in [-0.05, 0) is 57.8 Å². The lowest BCUT2D eigenvalue weighted by atomic mass is 9.73. The largest absolute Gasteiger partial charge is 0.317 e. The Morgan fingerprint density at radius 3 is 2.58 bits per heavy atom. The summed E-state index contributed by atoms with van der Waals surface area (Å²) in [5.74, 6) is 0. The average molecular weight is 168 g/mol. The normalized spacial score (nSPS) is 30.8. The summed E-state index contributed by atoms with van der Waals surface area (Å²) in [5, 5.41) is 3.45. The molecular weight excluding hydrogens is 148 g/mol. The van der Waals surface area contributed by atoms with Crippen molar-refractivity contribution in [2.45, 2.75) is 25.7 Å². The molecule has 0 amide bonds. The van der Waals surface area contributed by atoms with Crippen LogP contribution in [0.25, 0.3) is 0 Å². The van der Waals surface area contributed by atoms with Crippen LogP contribution in [0.4, 0.5) is 0 Å². The molecule has 0 aliphatic carbocycles. The van der Waals surface area contributed by atoms with Crippen molar-refractivity contribution in [1.82, 2.24) is 10.2 Å². The molecule has 0 atom stereocenters. The number of nitrogens with zero attached hydrogens (tertiary/aromatic N) is 1. The summed E-state index contributed by atoms with van der Waals surface area (Å²) in [6.45, 7) is 5.14. The van der Waals surface area contributed by atoms with Crippen molar-refractivity contribution in [2.75, 3.05) is 33.2 Å². The number of likely N-dealkylation sites (tertiary alicyclic amines) is 1. The van der Waals surface area contributed by atoms with E-state index in [1.54, 1.807) is 0 Å². The summed E-state index contributed by atoms with van der Waals surface area (Å²) in [6, 6.07) is 0. The molecule has 0 aromatic heterocycles. The number of piperidine rings is 2. The monoisotopic (exact) mass is 168 g/mol. The van der Waals surface area contributed by atoms with Gasteiger partial charge in [-0.25, -0.2) is 0 Å². The Labute approximate surface area is 75.3 Å². The lowest BCUT2D eigenvalue weighted by molar-refractivity contribution is 0.0757. The molecule has 0 aromatic carbocycles. The summed E-state index contributed by atoms with van der Waals surface area (Å²) in [4.78, 5) is 2.51. The van der Waals surface area contributed by atoms with Crippen LogP contribution >= 0.6 is 0 Å². The number of rotatable bonds is 0. The van der Waals surface area contributed by atoms with Crippen molar-refractivity contribution in [2.24, 2.45) is 5.41 Å². The smallest absolute Gasteiger partial charge is 0.00359 e. The highest BCUT2D eigenvalue weighted by molar-refractivity contribution is 4.89. The van der Waals surface area contributed by atoms with E-state index in [2.05, 4.69) is 17.3 Å². The Morgan fingerprint density at radius 2 is 1.92 bits per heavy atom. The van der Waals surface area contributed by atoms with Crippen molar-refractivity contribution in [3.05, 3.63) is 0 Å². The van der Waals surface area contributed by atoms with Crippen LogP contribution in [0.3, 0.4) is 0 Å². The third kappa shape index (κ3) is 1.64. The Balaban J connectivity index is 1.97. The third-order valence-corrected chi connectivity index (χ3v) is 3.52. The van der Waals surface area contributed by atoms with Crippen LogP contribution in [-0.2, 0) is 0 Å². The number of hydrogen-bond donors (Lipinski definition) is 1. The molecule has 0 saturated carbocycles. The van der Waals surface area contributed by atoms with E-state index in [1.165, 1.54) is 51.9 Å². The summed E-state index contributed by atoms with van der Waals surface area (Å²) in [6.07, 6.45) is 5.68. The molecule has 2 fully saturated rings. The maximum Gasteiger partial charge on any atom is 0.00359 e. The zero-order valence-electron chi connectivity index (χ0n) is 8.10. The molecule has 2 rings (SSSR count). The van der Waals surface area contributed by atoms with Crippen LogP contribution in [0.2, 0.25) is 0 Å². The SMILES string of the molecule is CN1CCCC2(CCNCC2)C1. The van der Waals surface area contributed by atoms with Gasteiger partial charge in [0.25, 0.3) is 0 Å². The Hall–Kier alpha value is -0.0800. The minimum absolute atomic E-state index is 0.693. The molecular formula is C10H20N2. The van der Waals surface area contributed by atoms with Crippen LogP contribution in [0, 0.1) is 5.41 Å². The van der Waals surface area contributed by atoms with Crippen molar-refractivity contribution in [1.29, 1.82) is 0 Å². The van der Waals surface area contributed by atoms with Gasteiger partial charge < -0.3 is 10.2 Å². The average Bonchev–Trinajstić information content (AvgIpc) is 2.05. The fraction of sp³-hybridized carbons (Fsp3) is 1.00. The van der Waals surface area contributed by atoms with E-state index >= 15 is 0 Å². The van der Waals surface area contributed by atoms with Crippen molar-refractivity contribution in [3.8, 4) is 0 Å². The van der Waals surface area contributed by atoms with Crippen molar-refractivity contribution < 1.29 is 0 Å². The molecule has 1 N–H and O–H groups in total. The van der Waals surface area contributed by atoms with Gasteiger partial charge >= 0.3 is 0 Å². The molecule has 12 heavy (non-hydrogen) atoms. The summed E-state index contributed by atoms with van der Waals surface area (Å²) >= 11 is 0. The Morgan fingerprint density at radius 1 is 1.17 bits per heavy atom. The minimum Gasteiger partial charge on any atom is -0.317 e. The molecule has 2 nitrogen and oxygen atoms in total. The van der Waals surface area contributed by atoms with E-state index in [1.807, 2.05) is 0 Å². The summed E-state index contributed by atoms with van der Waals surface area (Å²) < 4.78 is 0. The first-order chi connectivity index (χ1) is 5.81. The molecule has 2 heterocycles. The number of nitrogens with one attached hydrogen (secondary N) is 1. The van der Waals surface area contributed by atoms with E-state index in [0.29, 0.717) is 5.41 Å². The highest BCUT2D eigenvalue weighted by Crippen LogP contribution is 2.37. The molecule has 2 heteroatoms. The van der Waals surface area contributed by atoms with E-state index in [0.717, 1.165) is 0 Å². The highest BCUT2D eigenvalue weighted by atomic mass is 15.1. The quantitative estimate of drug-likeness (QED) is 0.582. The van der Waals surface area contributed by atoms with Crippen LogP contribution in [0.1, 0.15) is 25.7 Å². The second-order valence-corrected chi connectivity index (χ2v) is 4.59. The molecule has 2 saturated heterocycles. The molecule has 0 radical (unpaired) electrons. The minimum atomic E-state index is 0.693. The zero-order chi connectivity index (χ0) is 8.44. The molecule has 0 aromatic rings. The lowest BCUT2D eigenvalue weighted by Gasteiger charge is -2.44. The van der Waals surface area contributed by atoms with Gasteiger partial charge in [-0.3, -0.25) is 0 Å². The van der Waals surface area contributed by atoms with Crippen molar-refractivity contribution in [3.63, 3.8) is 0 Å². The molecule has 0 unspecified atom stereocenters. The molecule has 70 valence electrons. The Bertz CT molecular complexity index is 144. The van der Waals surface area contributed by atoms with Gasteiger partial charge in [0.05, 0.1) is 0 Å². The predicted molar refractivity (Wildman–Crippen MR) is 51.3 cm³/mol. The van der Waals surface area contributed by atoms with Crippen LogP contribution < -0.4 is 5.32 Å². The van der Waals surface area contributed by atoms with Crippen molar-refractivity contribution >= 4 is 0 Å². The van der Waals surface area contributed by atoms with Crippen LogP contribution in [0.5, 0.6) is 0 Å². The first-order valence-corrected chi connectivity index (χ1v) is 5.20. The standard InChI is InChI=1S/C10H20N2/c1-12-8-2-3-10(9-12)4-6-11-7-5-10/h11H,2-9H2,1H3. The number of hydrogen-bond acceptors (Lipinski definition) is 2. The summed E-state index contributed by atoms with van der Waals surface area (Å²) in [5.41, 5.74) is 0.693. The second-order valence-electron chi connectivity index (χ2n) is 4.59. The fourth-order valence-electron chi connectivity index (χ4n) is 2.82. The predicted octanol–water partition coefficient (Wildman–Crippen LogP) is 1.08. The van der Waals surface area contributed by atoms with Gasteiger partial charge in [0.2, 0.25) is 0 Å². The van der Waals surface area contributed by atoms with Gasteiger partial charge in [-0.1, -0.05) is 0 Å². The van der Waals surface area contributed by atoms with Gasteiger partial charge in [-0.2, -0.15) is 0 Å². The van der Waals surface area contributed by atoms with E-state index in [-0.39, 0.29) is 0 Å². The van der Waals surface area contributed by atoms with Gasteiger partial charge in [0.1, 0.15) is 0 Å². The van der Waals surface area contributed by atoms with Crippen LogP contribution in [0.15, 0.2) is 0 Å². The third-order valence-electron chi connectivity index (χ3n) is 3.52. The van der Waals surface area contributed by atoms with Crippen LogP contribution in [-0.4, -0.2) is 38.1 Å². The van der Waals surface area contributed by atoms with E-state index in [9.17, 15) is 0 Å². The maximum atomic E-state index is 3.45. The molecule has 2 aliphatic heterocycles. The summed E-state index contributed by atoms with van der Waals surface area (Å²) in [7, 11) is 2.27. The first-order valence-electron chi connectivity index (χ1n) is 5.20. The highest BCUT2D eigenvalue weighted by Gasteiger charge is 2.34. The molecule has 1 spiro atoms. The lowest BCUT2D eigenvalue weighted by Crippen LogP contribution is -2.47. The zero-order valence-corrected chi connectivity index (χ0v) is 8.10. The molecule has 2 aliphatic rings. The first kappa shape index (κ1) is 8.52. The van der Waals surface area contributed by atoms with Gasteiger partial charge in [0, 0.05) is 6.54 Å². The fourth-order valence-corrected chi connectivity index (χ4v) is 2.82. The Kier molecular flexibility index (Phi) is 2.37. The van der Waals surface area contributed by atoms with Gasteiger partial charge in [-0.15, -0.1) is 0 Å². The maximum absolute atomic E-state index is 3.45. The second kappa shape index (κ2) is 3.35.